The normalized spacial score (nSPS) is 11.1. The average Bonchev–Trinajstić information content (AvgIpc) is 2.20. The molecule has 0 rings (SSSR count). The molecule has 0 radical (unpaired) electrons. The van der Waals surface area contributed by atoms with E-state index in [0.29, 0.717) is 6.42 Å². The van der Waals surface area contributed by atoms with Crippen LogP contribution in [0.15, 0.2) is 12.2 Å². The van der Waals surface area contributed by atoms with Crippen molar-refractivity contribution in [3.8, 4) is 6.07 Å². The van der Waals surface area contributed by atoms with Crippen LogP contribution in [-0.4, -0.2) is 0 Å². The Bertz CT molecular complexity index is 186. The fourth-order valence-electron chi connectivity index (χ4n) is 1.60. The first-order valence-electron chi connectivity index (χ1n) is 6.29. The second kappa shape index (κ2) is 11.3. The molecule has 1 heteroatoms. The van der Waals surface area contributed by atoms with Crippen LogP contribution in [0.4, 0.5) is 0 Å². The molecule has 0 atom stereocenters. The van der Waals surface area contributed by atoms with Crippen molar-refractivity contribution < 1.29 is 0 Å². The van der Waals surface area contributed by atoms with Crippen molar-refractivity contribution in [2.24, 2.45) is 5.92 Å². The molecule has 0 aliphatic carbocycles. The Morgan fingerprint density at radius 3 is 2.33 bits per heavy atom. The van der Waals surface area contributed by atoms with Gasteiger partial charge in [0.25, 0.3) is 0 Å². The summed E-state index contributed by atoms with van der Waals surface area (Å²) in [4.78, 5) is 0. The van der Waals surface area contributed by atoms with Crippen LogP contribution in [0.25, 0.3) is 0 Å². The molecular weight excluding hydrogens is 182 g/mol. The highest BCUT2D eigenvalue weighted by Crippen LogP contribution is 2.11. The molecule has 0 heterocycles. The van der Waals surface area contributed by atoms with E-state index < -0.39 is 0 Å². The van der Waals surface area contributed by atoms with E-state index in [4.69, 9.17) is 5.26 Å². The minimum Gasteiger partial charge on any atom is -0.198 e. The van der Waals surface area contributed by atoms with Crippen molar-refractivity contribution in [2.45, 2.75) is 65.2 Å². The van der Waals surface area contributed by atoms with Crippen LogP contribution in [0.1, 0.15) is 65.2 Å². The van der Waals surface area contributed by atoms with Crippen LogP contribution in [0.3, 0.4) is 0 Å². The minimum absolute atomic E-state index is 0.564. The third kappa shape index (κ3) is 13.2. The number of hydrogen-bond donors (Lipinski definition) is 0. The molecule has 0 saturated carbocycles. The van der Waals surface area contributed by atoms with Gasteiger partial charge in [0.1, 0.15) is 0 Å². The fraction of sp³-hybridized carbons (Fsp3) is 0.786. The Balaban J connectivity index is 3.02. The molecule has 0 aromatic carbocycles. The van der Waals surface area contributed by atoms with Crippen LogP contribution in [0.5, 0.6) is 0 Å². The lowest BCUT2D eigenvalue weighted by Crippen LogP contribution is -1.86. The Morgan fingerprint density at radius 1 is 1.00 bits per heavy atom. The minimum atomic E-state index is 0.564. The van der Waals surface area contributed by atoms with Gasteiger partial charge >= 0.3 is 0 Å². The lowest BCUT2D eigenvalue weighted by Gasteiger charge is -2.03. The van der Waals surface area contributed by atoms with Gasteiger partial charge in [0.05, 0.1) is 12.5 Å². The topological polar surface area (TPSA) is 23.8 Å². The number of nitrogens with zero attached hydrogens (tertiary/aromatic N) is 1. The maximum absolute atomic E-state index is 8.31. The first-order chi connectivity index (χ1) is 7.27. The zero-order chi connectivity index (χ0) is 11.4. The van der Waals surface area contributed by atoms with Gasteiger partial charge in [-0.15, -0.1) is 0 Å². The van der Waals surface area contributed by atoms with Gasteiger partial charge in [-0.25, -0.2) is 0 Å². The molecule has 0 saturated heterocycles. The van der Waals surface area contributed by atoms with Crippen molar-refractivity contribution in [1.82, 2.24) is 0 Å². The molecule has 0 amide bonds. The first kappa shape index (κ1) is 14.2. The quantitative estimate of drug-likeness (QED) is 0.392. The van der Waals surface area contributed by atoms with E-state index in [0.717, 1.165) is 12.3 Å². The molecular formula is C14H25N. The summed E-state index contributed by atoms with van der Waals surface area (Å²) >= 11 is 0. The number of nitriles is 1. The van der Waals surface area contributed by atoms with Crippen LogP contribution in [0, 0.1) is 17.2 Å². The second-order valence-electron chi connectivity index (χ2n) is 4.57. The van der Waals surface area contributed by atoms with Gasteiger partial charge in [-0.1, -0.05) is 58.1 Å². The van der Waals surface area contributed by atoms with Gasteiger partial charge in [-0.3, -0.25) is 0 Å². The Hall–Kier alpha value is -0.770. The van der Waals surface area contributed by atoms with Gasteiger partial charge in [-0.05, 0) is 18.8 Å². The summed E-state index contributed by atoms with van der Waals surface area (Å²) in [7, 11) is 0. The number of hydrogen-bond acceptors (Lipinski definition) is 1. The van der Waals surface area contributed by atoms with Gasteiger partial charge in [-0.2, -0.15) is 5.26 Å². The summed E-state index contributed by atoms with van der Waals surface area (Å²) in [6.45, 7) is 4.58. The standard InChI is InChI=1S/C14H25N/c1-14(2)12-10-8-6-4-3-5-7-9-11-13-15/h7,9,14H,3-6,8,10-12H2,1-2H3/b9-7-. The Morgan fingerprint density at radius 2 is 1.67 bits per heavy atom. The predicted molar refractivity (Wildman–Crippen MR) is 66.5 cm³/mol. The predicted octanol–water partition coefficient (Wildman–Crippen LogP) is 4.84. The number of rotatable bonds is 9. The molecule has 0 unspecified atom stereocenters. The second-order valence-corrected chi connectivity index (χ2v) is 4.57. The van der Waals surface area contributed by atoms with Crippen LogP contribution in [0.2, 0.25) is 0 Å². The molecule has 0 bridgehead atoms. The molecule has 0 aliphatic heterocycles. The molecule has 0 fully saturated rings. The maximum atomic E-state index is 8.31. The monoisotopic (exact) mass is 207 g/mol. The van der Waals surface area contributed by atoms with E-state index in [1.54, 1.807) is 0 Å². The van der Waals surface area contributed by atoms with Crippen molar-refractivity contribution >= 4 is 0 Å². The molecule has 0 aliphatic rings. The van der Waals surface area contributed by atoms with Crippen molar-refractivity contribution in [3.63, 3.8) is 0 Å². The van der Waals surface area contributed by atoms with E-state index in [1.807, 2.05) is 6.08 Å². The highest BCUT2D eigenvalue weighted by atomic mass is 14.2. The Labute approximate surface area is 95.2 Å². The number of unbranched alkanes of at least 4 members (excludes halogenated alkanes) is 5. The third-order valence-electron chi connectivity index (χ3n) is 2.53. The highest BCUT2D eigenvalue weighted by molar-refractivity contribution is 4.90. The zero-order valence-corrected chi connectivity index (χ0v) is 10.3. The maximum Gasteiger partial charge on any atom is 0.0663 e. The lowest BCUT2D eigenvalue weighted by atomic mass is 10.0. The molecule has 15 heavy (non-hydrogen) atoms. The third-order valence-corrected chi connectivity index (χ3v) is 2.53. The lowest BCUT2D eigenvalue weighted by molar-refractivity contribution is 0.516. The summed E-state index contributed by atoms with van der Waals surface area (Å²) in [5.41, 5.74) is 0. The summed E-state index contributed by atoms with van der Waals surface area (Å²) in [6, 6.07) is 2.11. The molecule has 0 spiro atoms. The fourth-order valence-corrected chi connectivity index (χ4v) is 1.60. The van der Waals surface area contributed by atoms with Gasteiger partial charge in [0.2, 0.25) is 0 Å². The zero-order valence-electron chi connectivity index (χ0n) is 10.3. The molecule has 86 valence electrons. The highest BCUT2D eigenvalue weighted by Gasteiger charge is 1.93. The van der Waals surface area contributed by atoms with E-state index in [-0.39, 0.29) is 0 Å². The SMILES string of the molecule is CC(C)CCCCCCC/C=C\CC#N. The van der Waals surface area contributed by atoms with Gasteiger partial charge in [0.15, 0.2) is 0 Å². The van der Waals surface area contributed by atoms with E-state index >= 15 is 0 Å². The molecule has 0 aromatic heterocycles. The van der Waals surface area contributed by atoms with Crippen LogP contribution < -0.4 is 0 Å². The Kier molecular flexibility index (Phi) is 10.7. The molecule has 0 aromatic rings. The molecule has 1 nitrogen and oxygen atoms in total. The van der Waals surface area contributed by atoms with Gasteiger partial charge < -0.3 is 0 Å². The van der Waals surface area contributed by atoms with Crippen molar-refractivity contribution in [2.75, 3.05) is 0 Å². The van der Waals surface area contributed by atoms with Crippen LogP contribution in [-0.2, 0) is 0 Å². The molecule has 0 N–H and O–H groups in total. The summed E-state index contributed by atoms with van der Waals surface area (Å²) in [5.74, 6) is 0.860. The van der Waals surface area contributed by atoms with E-state index in [9.17, 15) is 0 Å². The largest absolute Gasteiger partial charge is 0.198 e. The average molecular weight is 207 g/mol. The smallest absolute Gasteiger partial charge is 0.0663 e. The number of allylic oxidation sites excluding steroid dienone is 2. The first-order valence-corrected chi connectivity index (χ1v) is 6.29. The summed E-state index contributed by atoms with van der Waals surface area (Å²) < 4.78 is 0. The van der Waals surface area contributed by atoms with E-state index in [1.165, 1.54) is 38.5 Å². The summed E-state index contributed by atoms with van der Waals surface area (Å²) in [6.07, 6.45) is 14.0. The van der Waals surface area contributed by atoms with Crippen molar-refractivity contribution in [1.29, 1.82) is 5.26 Å². The van der Waals surface area contributed by atoms with Crippen LogP contribution >= 0.6 is 0 Å². The van der Waals surface area contributed by atoms with Crippen molar-refractivity contribution in [3.05, 3.63) is 12.2 Å². The summed E-state index contributed by atoms with van der Waals surface area (Å²) in [5, 5.41) is 8.31. The van der Waals surface area contributed by atoms with Gasteiger partial charge in [0, 0.05) is 0 Å². The van der Waals surface area contributed by atoms with E-state index in [2.05, 4.69) is 26.0 Å².